The van der Waals surface area contributed by atoms with Crippen LogP contribution in [0.2, 0.25) is 0 Å². The molecule has 0 aliphatic carbocycles. The lowest BCUT2D eigenvalue weighted by atomic mass is 10.8. The molecular formula is C4H8N3OS+. The summed E-state index contributed by atoms with van der Waals surface area (Å²) in [4.78, 5) is 14.4. The first-order valence-electron chi connectivity index (χ1n) is 2.55. The molecule has 1 aliphatic rings. The van der Waals surface area contributed by atoms with Crippen molar-refractivity contribution in [3.05, 3.63) is 4.91 Å². The molecule has 1 heterocycles. The van der Waals surface area contributed by atoms with Gasteiger partial charge in [0.05, 0.1) is 0 Å². The third-order valence-electron chi connectivity index (χ3n) is 0.981. The average Bonchev–Trinajstić information content (AvgIpc) is 1.88. The van der Waals surface area contributed by atoms with Crippen molar-refractivity contribution >= 4 is 18.3 Å². The second-order valence-electron chi connectivity index (χ2n) is 1.66. The maximum absolute atomic E-state index is 10.6. The van der Waals surface area contributed by atoms with Crippen molar-refractivity contribution in [3.8, 4) is 0 Å². The molecule has 0 aromatic heterocycles. The van der Waals surface area contributed by atoms with E-state index in [9.17, 15) is 4.91 Å². The Balaban J connectivity index is 2.49. The van der Waals surface area contributed by atoms with Crippen molar-refractivity contribution in [1.29, 1.82) is 0 Å². The van der Waals surface area contributed by atoms with E-state index in [2.05, 4.69) is 4.99 Å². The standard InChI is InChI=1S/C4H8N3OS/c1-9-7-3-5-2-6(8)4-7/h3H,2,4H2,1H3/q+1. The highest BCUT2D eigenvalue weighted by Crippen LogP contribution is 2.03. The number of rotatable bonds is 1. The first kappa shape index (κ1) is 6.54. The summed E-state index contributed by atoms with van der Waals surface area (Å²) >= 11 is 1.49. The van der Waals surface area contributed by atoms with Crippen LogP contribution in [0.1, 0.15) is 0 Å². The fraction of sp³-hybridized carbons (Fsp3) is 0.750. The Morgan fingerprint density at radius 3 is 3.11 bits per heavy atom. The van der Waals surface area contributed by atoms with Crippen molar-refractivity contribution in [1.82, 2.24) is 4.31 Å². The van der Waals surface area contributed by atoms with Gasteiger partial charge >= 0.3 is 0 Å². The molecule has 0 unspecified atom stereocenters. The predicted octanol–water partition coefficient (Wildman–Crippen LogP) is 0.302. The molecule has 0 saturated heterocycles. The van der Waals surface area contributed by atoms with E-state index >= 15 is 0 Å². The third kappa shape index (κ3) is 1.67. The number of hydrogen-bond acceptors (Lipinski definition) is 4. The molecule has 0 bridgehead atoms. The predicted molar refractivity (Wildman–Crippen MR) is 37.2 cm³/mol. The van der Waals surface area contributed by atoms with Gasteiger partial charge in [0.2, 0.25) is 0 Å². The van der Waals surface area contributed by atoms with E-state index in [0.29, 0.717) is 6.67 Å². The summed E-state index contributed by atoms with van der Waals surface area (Å²) in [5.41, 5.74) is 0. The van der Waals surface area contributed by atoms with Gasteiger partial charge in [-0.15, -0.1) is 0 Å². The lowest BCUT2D eigenvalue weighted by Gasteiger charge is -2.11. The van der Waals surface area contributed by atoms with Crippen LogP contribution in [0.25, 0.3) is 0 Å². The van der Waals surface area contributed by atoms with Gasteiger partial charge in [0, 0.05) is 15.9 Å². The third-order valence-corrected chi connectivity index (χ3v) is 1.66. The molecule has 0 spiro atoms. The SMILES string of the molecule is CSN1C=NC[N+](=O)C1. The maximum Gasteiger partial charge on any atom is 0.287 e. The Kier molecular flexibility index (Phi) is 2.05. The largest absolute Gasteiger partial charge is 0.287 e. The Labute approximate surface area is 57.6 Å². The second-order valence-corrected chi connectivity index (χ2v) is 2.50. The summed E-state index contributed by atoms with van der Waals surface area (Å²) in [7, 11) is 0. The molecule has 0 aromatic rings. The quantitative estimate of drug-likeness (QED) is 0.394. The summed E-state index contributed by atoms with van der Waals surface area (Å²) < 4.78 is 2.67. The van der Waals surface area contributed by atoms with E-state index in [0.717, 1.165) is 4.76 Å². The number of hydrogen-bond donors (Lipinski definition) is 0. The van der Waals surface area contributed by atoms with E-state index in [1.165, 1.54) is 11.9 Å². The zero-order valence-corrected chi connectivity index (χ0v) is 5.97. The number of nitroso groups, excluding NO2 is 1. The highest BCUT2D eigenvalue weighted by Gasteiger charge is 2.15. The van der Waals surface area contributed by atoms with Gasteiger partial charge in [-0.25, -0.2) is 9.30 Å². The fourth-order valence-electron chi connectivity index (χ4n) is 0.560. The van der Waals surface area contributed by atoms with Gasteiger partial charge in [-0.2, -0.15) is 0 Å². The lowest BCUT2D eigenvalue weighted by molar-refractivity contribution is -0.561. The van der Waals surface area contributed by atoms with Crippen LogP contribution in [-0.4, -0.2) is 35.0 Å². The van der Waals surface area contributed by atoms with Crippen molar-refractivity contribution in [2.45, 2.75) is 0 Å². The molecule has 50 valence electrons. The van der Waals surface area contributed by atoms with Crippen LogP contribution in [-0.2, 0) is 0 Å². The van der Waals surface area contributed by atoms with Gasteiger partial charge in [-0.1, -0.05) is 0 Å². The van der Waals surface area contributed by atoms with E-state index in [-0.39, 0.29) is 6.67 Å². The van der Waals surface area contributed by atoms with Gasteiger partial charge in [-0.3, -0.25) is 0 Å². The van der Waals surface area contributed by atoms with Crippen LogP contribution in [0, 0.1) is 4.91 Å². The zero-order valence-electron chi connectivity index (χ0n) is 5.15. The van der Waals surface area contributed by atoms with Gasteiger partial charge in [0.1, 0.15) is 6.34 Å². The fourth-order valence-corrected chi connectivity index (χ4v) is 0.965. The number of nitrogens with zero attached hydrogens (tertiary/aromatic N) is 3. The molecule has 0 saturated carbocycles. The number of aliphatic imine (C=N–C) groups is 1. The first-order valence-corrected chi connectivity index (χ1v) is 3.74. The summed E-state index contributed by atoms with van der Waals surface area (Å²) in [6, 6.07) is 0. The van der Waals surface area contributed by atoms with Crippen molar-refractivity contribution < 1.29 is 4.76 Å². The van der Waals surface area contributed by atoms with Gasteiger partial charge in [0.15, 0.2) is 0 Å². The molecule has 0 atom stereocenters. The monoisotopic (exact) mass is 146 g/mol. The molecule has 9 heavy (non-hydrogen) atoms. The summed E-state index contributed by atoms with van der Waals surface area (Å²) in [6.45, 7) is 0.696. The Hall–Kier alpha value is -0.580. The molecular weight excluding hydrogens is 138 g/mol. The zero-order chi connectivity index (χ0) is 6.69. The minimum absolute atomic E-state index is 0.275. The smallest absolute Gasteiger partial charge is 0.246 e. The van der Waals surface area contributed by atoms with Crippen LogP contribution in [0.4, 0.5) is 0 Å². The van der Waals surface area contributed by atoms with E-state index in [1.54, 1.807) is 10.6 Å². The lowest BCUT2D eigenvalue weighted by Crippen LogP contribution is -2.29. The molecule has 0 radical (unpaired) electrons. The maximum atomic E-state index is 10.6. The molecule has 1 rings (SSSR count). The van der Waals surface area contributed by atoms with Crippen LogP contribution < -0.4 is 0 Å². The van der Waals surface area contributed by atoms with Crippen LogP contribution in [0.5, 0.6) is 0 Å². The minimum atomic E-state index is 0.275. The Morgan fingerprint density at radius 2 is 2.67 bits per heavy atom. The van der Waals surface area contributed by atoms with E-state index in [4.69, 9.17) is 0 Å². The minimum Gasteiger partial charge on any atom is -0.246 e. The molecule has 0 amide bonds. The molecule has 0 N–H and O–H groups in total. The van der Waals surface area contributed by atoms with Crippen molar-refractivity contribution in [2.24, 2.45) is 4.99 Å². The Bertz CT molecular complexity index is 147. The van der Waals surface area contributed by atoms with E-state index < -0.39 is 0 Å². The molecule has 5 heteroatoms. The topological polar surface area (TPSA) is 35.7 Å². The van der Waals surface area contributed by atoms with Crippen LogP contribution in [0.3, 0.4) is 0 Å². The van der Waals surface area contributed by atoms with Gasteiger partial charge < -0.3 is 0 Å². The average molecular weight is 146 g/mol. The summed E-state index contributed by atoms with van der Waals surface area (Å²) in [5, 5.41) is 0. The first-order chi connectivity index (χ1) is 4.33. The van der Waals surface area contributed by atoms with Crippen molar-refractivity contribution in [2.75, 3.05) is 19.6 Å². The van der Waals surface area contributed by atoms with Crippen molar-refractivity contribution in [3.63, 3.8) is 0 Å². The summed E-state index contributed by atoms with van der Waals surface area (Å²) in [6.07, 6.45) is 3.59. The highest BCUT2D eigenvalue weighted by atomic mass is 32.2. The highest BCUT2D eigenvalue weighted by molar-refractivity contribution is 7.96. The molecule has 1 aliphatic heterocycles. The normalized spacial score (nSPS) is 18.8. The summed E-state index contributed by atoms with van der Waals surface area (Å²) in [5.74, 6) is 0. The second kappa shape index (κ2) is 2.82. The van der Waals surface area contributed by atoms with Crippen LogP contribution >= 0.6 is 11.9 Å². The molecule has 0 fully saturated rings. The van der Waals surface area contributed by atoms with Crippen LogP contribution in [0.15, 0.2) is 4.99 Å². The van der Waals surface area contributed by atoms with E-state index in [1.807, 2.05) is 6.26 Å². The molecule has 4 nitrogen and oxygen atoms in total. The Morgan fingerprint density at radius 1 is 1.89 bits per heavy atom. The molecule has 0 aromatic carbocycles. The van der Waals surface area contributed by atoms with Gasteiger partial charge in [-0.05, 0) is 11.9 Å². The van der Waals surface area contributed by atoms with Gasteiger partial charge in [0.25, 0.3) is 13.3 Å².